The number of anilines is 1. The van der Waals surface area contributed by atoms with Crippen LogP contribution in [0.15, 0.2) is 34.9 Å². The van der Waals surface area contributed by atoms with Gasteiger partial charge in [0.2, 0.25) is 11.8 Å². The SMILES string of the molecule is CC(=O)Nc1onc(C)c1-c1ccccc1. The van der Waals surface area contributed by atoms with E-state index in [0.717, 1.165) is 16.8 Å². The van der Waals surface area contributed by atoms with Gasteiger partial charge in [0.05, 0.1) is 11.3 Å². The predicted octanol–water partition coefficient (Wildman–Crippen LogP) is 2.61. The van der Waals surface area contributed by atoms with Crippen LogP contribution in [0.25, 0.3) is 11.1 Å². The summed E-state index contributed by atoms with van der Waals surface area (Å²) in [6.45, 7) is 3.28. The first-order valence-electron chi connectivity index (χ1n) is 4.98. The van der Waals surface area contributed by atoms with Crippen LogP contribution in [0.3, 0.4) is 0 Å². The third-order valence-corrected chi connectivity index (χ3v) is 2.21. The van der Waals surface area contributed by atoms with E-state index in [1.54, 1.807) is 0 Å². The average Bonchev–Trinajstić information content (AvgIpc) is 2.60. The van der Waals surface area contributed by atoms with Crippen LogP contribution in [-0.2, 0) is 4.79 Å². The fourth-order valence-corrected chi connectivity index (χ4v) is 1.56. The number of aromatic nitrogens is 1. The molecule has 4 nitrogen and oxygen atoms in total. The Morgan fingerprint density at radius 2 is 2.00 bits per heavy atom. The first-order chi connectivity index (χ1) is 7.68. The lowest BCUT2D eigenvalue weighted by Crippen LogP contribution is -2.05. The smallest absolute Gasteiger partial charge is 0.239 e. The van der Waals surface area contributed by atoms with Gasteiger partial charge < -0.3 is 4.52 Å². The molecule has 1 N–H and O–H groups in total. The maximum atomic E-state index is 11.0. The van der Waals surface area contributed by atoms with Gasteiger partial charge in [-0.25, -0.2) is 0 Å². The van der Waals surface area contributed by atoms with Gasteiger partial charge in [-0.2, -0.15) is 0 Å². The van der Waals surface area contributed by atoms with E-state index < -0.39 is 0 Å². The van der Waals surface area contributed by atoms with Gasteiger partial charge in [-0.15, -0.1) is 0 Å². The molecule has 2 aromatic rings. The lowest BCUT2D eigenvalue weighted by Gasteiger charge is -2.02. The largest absolute Gasteiger partial charge is 0.337 e. The van der Waals surface area contributed by atoms with Gasteiger partial charge in [-0.3, -0.25) is 10.1 Å². The minimum atomic E-state index is -0.173. The molecular formula is C12H12N2O2. The van der Waals surface area contributed by atoms with Crippen LogP contribution in [0.5, 0.6) is 0 Å². The van der Waals surface area contributed by atoms with Crippen molar-refractivity contribution in [2.75, 3.05) is 5.32 Å². The van der Waals surface area contributed by atoms with E-state index >= 15 is 0 Å². The summed E-state index contributed by atoms with van der Waals surface area (Å²) >= 11 is 0. The molecule has 1 heterocycles. The van der Waals surface area contributed by atoms with E-state index in [1.165, 1.54) is 6.92 Å². The van der Waals surface area contributed by atoms with Crippen LogP contribution >= 0.6 is 0 Å². The standard InChI is InChI=1S/C12H12N2O2/c1-8-11(10-6-4-3-5-7-10)12(16-14-8)13-9(2)15/h3-7H,1-2H3,(H,13,15). The van der Waals surface area contributed by atoms with Crippen LogP contribution in [0.4, 0.5) is 5.88 Å². The van der Waals surface area contributed by atoms with E-state index in [-0.39, 0.29) is 5.91 Å². The second-order valence-corrected chi connectivity index (χ2v) is 3.52. The highest BCUT2D eigenvalue weighted by Crippen LogP contribution is 2.30. The Kier molecular flexibility index (Phi) is 2.72. The molecule has 0 aliphatic rings. The topological polar surface area (TPSA) is 55.1 Å². The van der Waals surface area contributed by atoms with E-state index in [2.05, 4.69) is 10.5 Å². The summed E-state index contributed by atoms with van der Waals surface area (Å²) in [5, 5.41) is 6.48. The molecule has 1 aromatic heterocycles. The molecule has 0 aliphatic carbocycles. The molecule has 0 saturated carbocycles. The number of hydrogen-bond donors (Lipinski definition) is 1. The highest BCUT2D eigenvalue weighted by molar-refractivity contribution is 5.92. The van der Waals surface area contributed by atoms with E-state index in [4.69, 9.17) is 4.52 Å². The normalized spacial score (nSPS) is 10.1. The molecule has 82 valence electrons. The number of rotatable bonds is 2. The number of amides is 1. The molecule has 16 heavy (non-hydrogen) atoms. The molecule has 1 aromatic carbocycles. The number of benzene rings is 1. The number of hydrogen-bond acceptors (Lipinski definition) is 3. The maximum Gasteiger partial charge on any atom is 0.239 e. The van der Waals surface area contributed by atoms with Crippen LogP contribution < -0.4 is 5.32 Å². The summed E-state index contributed by atoms with van der Waals surface area (Å²) in [6, 6.07) is 9.69. The molecule has 0 spiro atoms. The monoisotopic (exact) mass is 216 g/mol. The molecule has 0 saturated heterocycles. The Bertz CT molecular complexity index is 503. The fraction of sp³-hybridized carbons (Fsp3) is 0.167. The number of carbonyl (C=O) groups excluding carboxylic acids is 1. The molecule has 0 unspecified atom stereocenters. The van der Waals surface area contributed by atoms with Crippen molar-refractivity contribution in [1.82, 2.24) is 5.16 Å². The quantitative estimate of drug-likeness (QED) is 0.839. The Morgan fingerprint density at radius 3 is 2.62 bits per heavy atom. The number of carbonyl (C=O) groups is 1. The summed E-state index contributed by atoms with van der Waals surface area (Å²) < 4.78 is 5.08. The molecule has 0 radical (unpaired) electrons. The van der Waals surface area contributed by atoms with Gasteiger partial charge in [0.15, 0.2) is 0 Å². The van der Waals surface area contributed by atoms with Crippen molar-refractivity contribution < 1.29 is 9.32 Å². The Balaban J connectivity index is 2.47. The predicted molar refractivity (Wildman–Crippen MR) is 61.0 cm³/mol. The Labute approximate surface area is 93.3 Å². The van der Waals surface area contributed by atoms with Gasteiger partial charge in [0.1, 0.15) is 0 Å². The third kappa shape index (κ3) is 1.95. The minimum absolute atomic E-state index is 0.173. The van der Waals surface area contributed by atoms with Gasteiger partial charge in [-0.05, 0) is 12.5 Å². The first kappa shape index (κ1) is 10.4. The first-order valence-corrected chi connectivity index (χ1v) is 4.98. The Hall–Kier alpha value is -2.10. The van der Waals surface area contributed by atoms with Gasteiger partial charge in [0, 0.05) is 6.92 Å². The van der Waals surface area contributed by atoms with Crippen LogP contribution in [-0.4, -0.2) is 11.1 Å². The zero-order valence-electron chi connectivity index (χ0n) is 9.15. The van der Waals surface area contributed by atoms with Gasteiger partial charge in [0.25, 0.3) is 0 Å². The number of nitrogens with one attached hydrogen (secondary N) is 1. The zero-order valence-corrected chi connectivity index (χ0v) is 9.15. The summed E-state index contributed by atoms with van der Waals surface area (Å²) in [5.74, 6) is 0.226. The van der Waals surface area contributed by atoms with Crippen molar-refractivity contribution >= 4 is 11.8 Å². The molecule has 0 bridgehead atoms. The summed E-state index contributed by atoms with van der Waals surface area (Å²) in [4.78, 5) is 11.0. The maximum absolute atomic E-state index is 11.0. The van der Waals surface area contributed by atoms with Crippen molar-refractivity contribution in [2.45, 2.75) is 13.8 Å². The molecule has 0 fully saturated rings. The molecule has 0 aliphatic heterocycles. The van der Waals surface area contributed by atoms with Crippen LogP contribution in [0, 0.1) is 6.92 Å². The van der Waals surface area contributed by atoms with Crippen molar-refractivity contribution in [3.05, 3.63) is 36.0 Å². The fourth-order valence-electron chi connectivity index (χ4n) is 1.56. The highest BCUT2D eigenvalue weighted by atomic mass is 16.5. The van der Waals surface area contributed by atoms with Gasteiger partial charge >= 0.3 is 0 Å². The van der Waals surface area contributed by atoms with E-state index in [9.17, 15) is 4.79 Å². The van der Waals surface area contributed by atoms with Crippen molar-refractivity contribution in [2.24, 2.45) is 0 Å². The second kappa shape index (κ2) is 4.18. The van der Waals surface area contributed by atoms with Crippen LogP contribution in [0.1, 0.15) is 12.6 Å². The van der Waals surface area contributed by atoms with Crippen molar-refractivity contribution in [1.29, 1.82) is 0 Å². The lowest BCUT2D eigenvalue weighted by atomic mass is 10.1. The molecule has 0 atom stereocenters. The molecule has 4 heteroatoms. The second-order valence-electron chi connectivity index (χ2n) is 3.52. The van der Waals surface area contributed by atoms with Crippen molar-refractivity contribution in [3.63, 3.8) is 0 Å². The lowest BCUT2D eigenvalue weighted by molar-refractivity contribution is -0.114. The number of aryl methyl sites for hydroxylation is 1. The molecule has 1 amide bonds. The average molecular weight is 216 g/mol. The molecular weight excluding hydrogens is 204 g/mol. The van der Waals surface area contributed by atoms with E-state index in [1.807, 2.05) is 37.3 Å². The minimum Gasteiger partial charge on any atom is -0.337 e. The summed E-state index contributed by atoms with van der Waals surface area (Å²) in [6.07, 6.45) is 0. The highest BCUT2D eigenvalue weighted by Gasteiger charge is 2.15. The zero-order chi connectivity index (χ0) is 11.5. The van der Waals surface area contributed by atoms with E-state index in [0.29, 0.717) is 5.88 Å². The summed E-state index contributed by atoms with van der Waals surface area (Å²) in [7, 11) is 0. The van der Waals surface area contributed by atoms with Crippen molar-refractivity contribution in [3.8, 4) is 11.1 Å². The molecule has 2 rings (SSSR count). The third-order valence-electron chi connectivity index (χ3n) is 2.21. The number of nitrogens with zero attached hydrogens (tertiary/aromatic N) is 1. The van der Waals surface area contributed by atoms with Gasteiger partial charge in [-0.1, -0.05) is 35.5 Å². The summed E-state index contributed by atoms with van der Waals surface area (Å²) in [5.41, 5.74) is 2.57. The van der Waals surface area contributed by atoms with Crippen LogP contribution in [0.2, 0.25) is 0 Å². The Morgan fingerprint density at radius 1 is 1.31 bits per heavy atom.